The maximum absolute atomic E-state index is 11.6. The summed E-state index contributed by atoms with van der Waals surface area (Å²) in [6, 6.07) is 15.5. The Morgan fingerprint density at radius 3 is 1.79 bits per heavy atom. The summed E-state index contributed by atoms with van der Waals surface area (Å²) in [7, 11) is 6.79. The van der Waals surface area contributed by atoms with Crippen LogP contribution in [0.5, 0.6) is 0 Å². The van der Waals surface area contributed by atoms with Crippen LogP contribution in [-0.4, -0.2) is 71.8 Å². The molecule has 1 amide bonds. The Balaban J connectivity index is 0.000000154. The van der Waals surface area contributed by atoms with E-state index in [1.807, 2.05) is 68.2 Å². The van der Waals surface area contributed by atoms with Gasteiger partial charge < -0.3 is 24.8 Å². The molecule has 240 valence electrons. The summed E-state index contributed by atoms with van der Waals surface area (Å²) in [5.74, 6) is -0.213. The molecule has 8 aromatic heterocycles. The van der Waals surface area contributed by atoms with Crippen molar-refractivity contribution in [3.8, 4) is 22.5 Å². The van der Waals surface area contributed by atoms with Crippen molar-refractivity contribution in [3.63, 3.8) is 0 Å². The van der Waals surface area contributed by atoms with Gasteiger partial charge in [-0.25, -0.2) is 9.97 Å². The van der Waals surface area contributed by atoms with Crippen LogP contribution in [0.1, 0.15) is 21.9 Å². The lowest BCUT2D eigenvalue weighted by molar-refractivity contribution is 0.0958. The Kier molecular flexibility index (Phi) is 8.28. The number of nitrogens with zero attached hydrogens (tertiary/aromatic N) is 7. The second-order valence-corrected chi connectivity index (χ2v) is 11.2. The summed E-state index contributed by atoms with van der Waals surface area (Å²) in [4.78, 5) is 40.7. The van der Waals surface area contributed by atoms with Gasteiger partial charge in [0.05, 0.1) is 53.2 Å². The molecule has 8 heterocycles. The standard InChI is InChI=1S/C19H17N5O2.C16H15N5O/c1-20-19(25)16-5-3-11(8-22-16)15-6-4-13-14-9-21-12(10-26-2)7-17(14)24-18(13)23-15;1-21-8-10(6-18-21)14-4-3-12-13-7-17-11(9-22-2)5-15(13)20-16(12)19-14/h3-9H,10H2,1-2H3,(H,20,25)(H,23,24);3-8H,9H2,1-2H3,(H,19,20). The van der Waals surface area contributed by atoms with Crippen molar-refractivity contribution in [1.29, 1.82) is 0 Å². The van der Waals surface area contributed by atoms with Crippen molar-refractivity contribution in [2.45, 2.75) is 13.2 Å². The quantitative estimate of drug-likeness (QED) is 0.209. The number of H-pyrrole nitrogens is 2. The molecule has 0 aromatic carbocycles. The van der Waals surface area contributed by atoms with E-state index in [1.54, 1.807) is 38.2 Å². The molecule has 0 radical (unpaired) electrons. The number of pyridine rings is 5. The van der Waals surface area contributed by atoms with Crippen molar-refractivity contribution in [3.05, 3.63) is 96.6 Å². The van der Waals surface area contributed by atoms with Crippen LogP contribution in [0.25, 0.3) is 66.4 Å². The number of nitrogens with one attached hydrogen (secondary N) is 3. The van der Waals surface area contributed by atoms with E-state index in [4.69, 9.17) is 19.4 Å². The number of carbonyl (C=O) groups is 1. The van der Waals surface area contributed by atoms with Gasteiger partial charge in [-0.15, -0.1) is 0 Å². The van der Waals surface area contributed by atoms with Crippen LogP contribution in [0.2, 0.25) is 0 Å². The van der Waals surface area contributed by atoms with Gasteiger partial charge in [-0.3, -0.25) is 24.4 Å². The molecule has 0 saturated carbocycles. The number of carbonyl (C=O) groups excluding carboxylic acids is 1. The van der Waals surface area contributed by atoms with Gasteiger partial charge in [0.2, 0.25) is 0 Å². The fraction of sp³-hybridized carbons (Fsp3) is 0.171. The highest BCUT2D eigenvalue weighted by atomic mass is 16.5. The number of aryl methyl sites for hydroxylation is 1. The third-order valence-corrected chi connectivity index (χ3v) is 7.90. The molecule has 0 fully saturated rings. The molecule has 0 aliphatic heterocycles. The van der Waals surface area contributed by atoms with Crippen LogP contribution >= 0.6 is 0 Å². The van der Waals surface area contributed by atoms with Crippen molar-refractivity contribution >= 4 is 49.8 Å². The lowest BCUT2D eigenvalue weighted by atomic mass is 10.1. The molecule has 0 aliphatic rings. The smallest absolute Gasteiger partial charge is 0.269 e. The maximum Gasteiger partial charge on any atom is 0.269 e. The number of hydrogen-bond acceptors (Lipinski definition) is 9. The normalized spacial score (nSPS) is 11.3. The van der Waals surface area contributed by atoms with E-state index in [1.165, 1.54) is 0 Å². The number of aromatic nitrogens is 9. The Hall–Kier alpha value is -6.05. The fourth-order valence-electron chi connectivity index (χ4n) is 5.57. The summed E-state index contributed by atoms with van der Waals surface area (Å²) < 4.78 is 12.0. The molecule has 8 rings (SSSR count). The van der Waals surface area contributed by atoms with Gasteiger partial charge in [-0.2, -0.15) is 5.10 Å². The zero-order valence-corrected chi connectivity index (χ0v) is 26.8. The SMILES string of the molecule is CNC(=O)c1ccc(-c2ccc3c(n2)[nH]c2cc(COC)ncc23)cn1.COCc1cc2[nH]c3nc(-c4cnn(C)c4)ccc3c2cn1. The molecule has 0 spiro atoms. The van der Waals surface area contributed by atoms with Crippen molar-refractivity contribution in [1.82, 2.24) is 50.0 Å². The highest BCUT2D eigenvalue weighted by molar-refractivity contribution is 6.07. The average molecular weight is 641 g/mol. The van der Waals surface area contributed by atoms with Crippen LogP contribution in [0.3, 0.4) is 0 Å². The van der Waals surface area contributed by atoms with E-state index < -0.39 is 0 Å². The second kappa shape index (κ2) is 13.0. The highest BCUT2D eigenvalue weighted by Gasteiger charge is 2.12. The van der Waals surface area contributed by atoms with E-state index in [2.05, 4.69) is 41.4 Å². The first-order chi connectivity index (χ1) is 23.4. The zero-order chi connectivity index (χ0) is 33.2. The molecule has 0 unspecified atom stereocenters. The van der Waals surface area contributed by atoms with Gasteiger partial charge in [-0.05, 0) is 48.5 Å². The number of hydrogen-bond donors (Lipinski definition) is 3. The third-order valence-electron chi connectivity index (χ3n) is 7.90. The van der Waals surface area contributed by atoms with Gasteiger partial charge in [0.15, 0.2) is 0 Å². The minimum Gasteiger partial charge on any atom is -0.378 e. The first-order valence-corrected chi connectivity index (χ1v) is 15.1. The Morgan fingerprint density at radius 1 is 0.729 bits per heavy atom. The summed E-state index contributed by atoms with van der Waals surface area (Å²) >= 11 is 0. The third kappa shape index (κ3) is 5.95. The van der Waals surface area contributed by atoms with Gasteiger partial charge in [0, 0.05) is 85.8 Å². The predicted octanol–water partition coefficient (Wildman–Crippen LogP) is 5.34. The van der Waals surface area contributed by atoms with E-state index in [0.29, 0.717) is 18.9 Å². The number of rotatable bonds is 7. The Labute approximate surface area is 274 Å². The predicted molar refractivity (Wildman–Crippen MR) is 183 cm³/mol. The lowest BCUT2D eigenvalue weighted by Crippen LogP contribution is -2.18. The first-order valence-electron chi connectivity index (χ1n) is 15.1. The van der Waals surface area contributed by atoms with Crippen LogP contribution in [-0.2, 0) is 29.7 Å². The number of amides is 1. The van der Waals surface area contributed by atoms with E-state index in [0.717, 1.165) is 77.8 Å². The fourth-order valence-corrected chi connectivity index (χ4v) is 5.57. The van der Waals surface area contributed by atoms with Gasteiger partial charge in [-0.1, -0.05) is 0 Å². The minimum atomic E-state index is -0.213. The molecule has 3 N–H and O–H groups in total. The Bertz CT molecular complexity index is 2410. The zero-order valence-electron chi connectivity index (χ0n) is 26.8. The van der Waals surface area contributed by atoms with Crippen LogP contribution in [0.4, 0.5) is 0 Å². The van der Waals surface area contributed by atoms with Gasteiger partial charge in [0.25, 0.3) is 5.91 Å². The molecule has 0 saturated heterocycles. The number of fused-ring (bicyclic) bond motifs is 6. The lowest BCUT2D eigenvalue weighted by Gasteiger charge is -2.03. The topological polar surface area (TPSA) is 161 Å². The number of ether oxygens (including phenoxy) is 2. The summed E-state index contributed by atoms with van der Waals surface area (Å²) in [5, 5.41) is 10.9. The molecule has 13 heteroatoms. The highest BCUT2D eigenvalue weighted by Crippen LogP contribution is 2.28. The summed E-state index contributed by atoms with van der Waals surface area (Å²) in [5.41, 5.74) is 9.29. The largest absolute Gasteiger partial charge is 0.378 e. The van der Waals surface area contributed by atoms with Crippen molar-refractivity contribution in [2.24, 2.45) is 7.05 Å². The molecule has 0 atom stereocenters. The van der Waals surface area contributed by atoms with E-state index >= 15 is 0 Å². The van der Waals surface area contributed by atoms with Crippen LogP contribution < -0.4 is 5.32 Å². The number of methoxy groups -OCH3 is 2. The Morgan fingerprint density at radius 2 is 1.31 bits per heavy atom. The molecule has 48 heavy (non-hydrogen) atoms. The first kappa shape index (κ1) is 30.6. The average Bonchev–Trinajstić information content (AvgIpc) is 3.82. The van der Waals surface area contributed by atoms with Gasteiger partial charge in [0.1, 0.15) is 17.0 Å². The molecule has 0 bridgehead atoms. The maximum atomic E-state index is 11.6. The van der Waals surface area contributed by atoms with E-state index in [-0.39, 0.29) is 5.91 Å². The molecule has 13 nitrogen and oxygen atoms in total. The number of aromatic amines is 2. The van der Waals surface area contributed by atoms with Gasteiger partial charge >= 0.3 is 0 Å². The molecular formula is C35H32N10O3. The monoisotopic (exact) mass is 640 g/mol. The molecular weight excluding hydrogens is 608 g/mol. The van der Waals surface area contributed by atoms with Crippen molar-refractivity contribution < 1.29 is 14.3 Å². The van der Waals surface area contributed by atoms with E-state index in [9.17, 15) is 4.79 Å². The summed E-state index contributed by atoms with van der Waals surface area (Å²) in [6.45, 7) is 0.965. The van der Waals surface area contributed by atoms with Crippen LogP contribution in [0, 0.1) is 0 Å². The van der Waals surface area contributed by atoms with Crippen molar-refractivity contribution in [2.75, 3.05) is 21.3 Å². The van der Waals surface area contributed by atoms with Crippen LogP contribution in [0.15, 0.2) is 79.5 Å². The summed E-state index contributed by atoms with van der Waals surface area (Å²) in [6.07, 6.45) is 9.13. The second-order valence-electron chi connectivity index (χ2n) is 11.2. The minimum absolute atomic E-state index is 0.213. The molecule has 8 aromatic rings. The molecule has 0 aliphatic carbocycles.